The number of esters is 1. The predicted octanol–water partition coefficient (Wildman–Crippen LogP) is 2.77. The van der Waals surface area contributed by atoms with Gasteiger partial charge in [0.15, 0.2) is 0 Å². The Morgan fingerprint density at radius 2 is 2.08 bits per heavy atom. The van der Waals surface area contributed by atoms with Crippen LogP contribution in [-0.4, -0.2) is 12.6 Å². The van der Waals surface area contributed by atoms with Crippen LogP contribution in [0, 0.1) is 11.8 Å². The molecule has 0 N–H and O–H groups in total. The lowest BCUT2D eigenvalue weighted by Gasteiger charge is -2.22. The van der Waals surface area contributed by atoms with Crippen LogP contribution in [0.5, 0.6) is 0 Å². The number of carbonyl (C=O) groups is 1. The van der Waals surface area contributed by atoms with Gasteiger partial charge in [0.2, 0.25) is 0 Å². The van der Waals surface area contributed by atoms with Crippen molar-refractivity contribution in [2.45, 2.75) is 46.0 Å². The van der Waals surface area contributed by atoms with E-state index in [1.807, 2.05) is 0 Å². The van der Waals surface area contributed by atoms with Crippen LogP contribution >= 0.6 is 0 Å². The molecule has 0 radical (unpaired) electrons. The van der Waals surface area contributed by atoms with Gasteiger partial charge in [-0.3, -0.25) is 4.79 Å². The summed E-state index contributed by atoms with van der Waals surface area (Å²) in [5, 5.41) is 0. The lowest BCUT2D eigenvalue weighted by Crippen LogP contribution is -2.13. The van der Waals surface area contributed by atoms with E-state index < -0.39 is 0 Å². The van der Waals surface area contributed by atoms with Crippen molar-refractivity contribution in [2.24, 2.45) is 11.8 Å². The third-order valence-electron chi connectivity index (χ3n) is 3.19. The van der Waals surface area contributed by atoms with Gasteiger partial charge in [0.05, 0.1) is 6.61 Å². The Balaban J connectivity index is 2.44. The van der Waals surface area contributed by atoms with E-state index in [2.05, 4.69) is 13.8 Å². The van der Waals surface area contributed by atoms with E-state index in [-0.39, 0.29) is 5.97 Å². The van der Waals surface area contributed by atoms with E-state index in [0.717, 1.165) is 18.8 Å². The molecule has 0 spiro atoms. The van der Waals surface area contributed by atoms with Gasteiger partial charge in [-0.1, -0.05) is 26.7 Å². The fraction of sp³-hybridized carbons (Fsp3) is 0.909. The van der Waals surface area contributed by atoms with Crippen LogP contribution in [0.3, 0.4) is 0 Å². The van der Waals surface area contributed by atoms with Crippen molar-refractivity contribution in [3.8, 4) is 0 Å². The third-order valence-corrected chi connectivity index (χ3v) is 3.19. The van der Waals surface area contributed by atoms with E-state index in [1.54, 1.807) is 0 Å². The summed E-state index contributed by atoms with van der Waals surface area (Å²) in [6.07, 6.45) is 5.19. The molecule has 0 amide bonds. The number of hydrogen-bond acceptors (Lipinski definition) is 2. The van der Waals surface area contributed by atoms with Crippen molar-refractivity contribution in [2.75, 3.05) is 6.61 Å². The Bertz CT molecular complexity index is 161. The second-order valence-corrected chi connectivity index (χ2v) is 3.88. The molecule has 1 unspecified atom stereocenters. The highest BCUT2D eigenvalue weighted by molar-refractivity contribution is 5.69. The molecule has 0 aromatic rings. The van der Waals surface area contributed by atoms with Crippen LogP contribution < -0.4 is 0 Å². The van der Waals surface area contributed by atoms with Crippen molar-refractivity contribution in [3.05, 3.63) is 0 Å². The van der Waals surface area contributed by atoms with Crippen molar-refractivity contribution < 1.29 is 9.53 Å². The molecule has 0 saturated carbocycles. The Kier molecular flexibility index (Phi) is 4.26. The molecule has 2 heteroatoms. The molecule has 76 valence electrons. The van der Waals surface area contributed by atoms with E-state index >= 15 is 0 Å². The van der Waals surface area contributed by atoms with Gasteiger partial charge in [-0.05, 0) is 24.7 Å². The first-order valence-corrected chi connectivity index (χ1v) is 5.43. The second kappa shape index (κ2) is 5.25. The largest absolute Gasteiger partial charge is 0.466 e. The van der Waals surface area contributed by atoms with Crippen LogP contribution in [0.15, 0.2) is 0 Å². The minimum atomic E-state index is -0.00606. The zero-order valence-corrected chi connectivity index (χ0v) is 8.71. The summed E-state index contributed by atoms with van der Waals surface area (Å²) in [4.78, 5) is 11.0. The van der Waals surface area contributed by atoms with Crippen molar-refractivity contribution in [1.82, 2.24) is 0 Å². The van der Waals surface area contributed by atoms with Crippen molar-refractivity contribution >= 4 is 5.97 Å². The third kappa shape index (κ3) is 3.02. The topological polar surface area (TPSA) is 26.3 Å². The average Bonchev–Trinajstić information content (AvgIpc) is 2.34. The molecule has 13 heavy (non-hydrogen) atoms. The number of hydrogen-bond donors (Lipinski definition) is 0. The fourth-order valence-electron chi connectivity index (χ4n) is 2.27. The molecule has 0 bridgehead atoms. The molecule has 2 nitrogen and oxygen atoms in total. The maximum absolute atomic E-state index is 11.0. The summed E-state index contributed by atoms with van der Waals surface area (Å²) in [5.41, 5.74) is 0. The molecule has 1 atom stereocenters. The quantitative estimate of drug-likeness (QED) is 0.630. The number of cyclic esters (lactones) is 1. The standard InChI is InChI=1S/C11H20O2/c1-3-9(4-2)10-5-6-11(12)13-8-7-10/h9-10H,3-8H2,1-2H3. The Labute approximate surface area is 80.7 Å². The molecule has 1 saturated heterocycles. The van der Waals surface area contributed by atoms with Crippen LogP contribution in [0.1, 0.15) is 46.0 Å². The van der Waals surface area contributed by atoms with E-state index in [4.69, 9.17) is 4.74 Å². The smallest absolute Gasteiger partial charge is 0.305 e. The monoisotopic (exact) mass is 184 g/mol. The first-order valence-electron chi connectivity index (χ1n) is 5.43. The lowest BCUT2D eigenvalue weighted by molar-refractivity contribution is -0.142. The highest BCUT2D eigenvalue weighted by Gasteiger charge is 2.22. The zero-order chi connectivity index (χ0) is 9.68. The maximum Gasteiger partial charge on any atom is 0.305 e. The molecule has 0 aliphatic carbocycles. The van der Waals surface area contributed by atoms with Crippen LogP contribution in [-0.2, 0) is 9.53 Å². The molecule has 0 aromatic carbocycles. The highest BCUT2D eigenvalue weighted by Crippen LogP contribution is 2.28. The van der Waals surface area contributed by atoms with Gasteiger partial charge < -0.3 is 4.74 Å². The average molecular weight is 184 g/mol. The number of rotatable bonds is 3. The van der Waals surface area contributed by atoms with Gasteiger partial charge >= 0.3 is 5.97 Å². The molecule has 1 fully saturated rings. The fourth-order valence-corrected chi connectivity index (χ4v) is 2.27. The summed E-state index contributed by atoms with van der Waals surface area (Å²) in [6.45, 7) is 5.11. The first-order chi connectivity index (χ1) is 6.27. The minimum Gasteiger partial charge on any atom is -0.466 e. The first kappa shape index (κ1) is 10.6. The molecular weight excluding hydrogens is 164 g/mol. The lowest BCUT2D eigenvalue weighted by atomic mass is 9.83. The molecule has 1 aliphatic heterocycles. The van der Waals surface area contributed by atoms with E-state index in [1.165, 1.54) is 12.8 Å². The summed E-state index contributed by atoms with van der Waals surface area (Å²) < 4.78 is 5.03. The summed E-state index contributed by atoms with van der Waals surface area (Å²) in [5.74, 6) is 1.49. The van der Waals surface area contributed by atoms with Gasteiger partial charge in [0.25, 0.3) is 0 Å². The van der Waals surface area contributed by atoms with E-state index in [9.17, 15) is 4.79 Å². The normalized spacial score (nSPS) is 24.2. The van der Waals surface area contributed by atoms with E-state index in [0.29, 0.717) is 18.9 Å². The van der Waals surface area contributed by atoms with Crippen LogP contribution in [0.2, 0.25) is 0 Å². The SMILES string of the molecule is CCC(CC)C1CCOC(=O)CC1. The van der Waals surface area contributed by atoms with Gasteiger partial charge in [0, 0.05) is 6.42 Å². The Hall–Kier alpha value is -0.530. The summed E-state index contributed by atoms with van der Waals surface area (Å²) in [6, 6.07) is 0. The molecular formula is C11H20O2. The minimum absolute atomic E-state index is 0.00606. The molecule has 0 aromatic heterocycles. The molecule has 1 aliphatic rings. The highest BCUT2D eigenvalue weighted by atomic mass is 16.5. The van der Waals surface area contributed by atoms with Gasteiger partial charge in [0.1, 0.15) is 0 Å². The van der Waals surface area contributed by atoms with Crippen LogP contribution in [0.25, 0.3) is 0 Å². The Morgan fingerprint density at radius 3 is 2.69 bits per heavy atom. The predicted molar refractivity (Wildman–Crippen MR) is 52.4 cm³/mol. The van der Waals surface area contributed by atoms with Gasteiger partial charge in [-0.25, -0.2) is 0 Å². The van der Waals surface area contributed by atoms with Gasteiger partial charge in [-0.15, -0.1) is 0 Å². The summed E-state index contributed by atoms with van der Waals surface area (Å²) >= 11 is 0. The van der Waals surface area contributed by atoms with Crippen LogP contribution in [0.4, 0.5) is 0 Å². The zero-order valence-electron chi connectivity index (χ0n) is 8.71. The summed E-state index contributed by atoms with van der Waals surface area (Å²) in [7, 11) is 0. The number of carbonyl (C=O) groups excluding carboxylic acids is 1. The molecule has 1 rings (SSSR count). The van der Waals surface area contributed by atoms with Crippen molar-refractivity contribution in [3.63, 3.8) is 0 Å². The number of ether oxygens (including phenoxy) is 1. The maximum atomic E-state index is 11.0. The van der Waals surface area contributed by atoms with Crippen molar-refractivity contribution in [1.29, 1.82) is 0 Å². The molecule has 1 heterocycles. The van der Waals surface area contributed by atoms with Gasteiger partial charge in [-0.2, -0.15) is 0 Å². The Morgan fingerprint density at radius 1 is 1.38 bits per heavy atom. The second-order valence-electron chi connectivity index (χ2n) is 3.88.